The number of nitrogens with zero attached hydrogens (tertiary/aromatic N) is 1. The molecule has 144 valence electrons. The molecule has 0 saturated heterocycles. The number of carbonyl (C=O) groups excluding carboxylic acids is 2. The monoisotopic (exact) mass is 405 g/mol. The third kappa shape index (κ3) is 4.68. The minimum atomic E-state index is -0.673. The van der Waals surface area contributed by atoms with Gasteiger partial charge in [-0.15, -0.1) is 11.3 Å². The smallest absolute Gasteiger partial charge is 0.253 e. The number of hydrogen-bond acceptors (Lipinski definition) is 4. The Hall–Kier alpha value is -1.92. The molecule has 2 atom stereocenters. The van der Waals surface area contributed by atoms with Crippen molar-refractivity contribution in [2.75, 3.05) is 5.32 Å². The molecule has 2 amide bonds. The topological polar surface area (TPSA) is 71.1 Å². The Morgan fingerprint density at radius 1 is 1.30 bits per heavy atom. The van der Waals surface area contributed by atoms with Crippen molar-refractivity contribution < 1.29 is 9.59 Å². The van der Waals surface area contributed by atoms with Crippen LogP contribution in [0, 0.1) is 11.8 Å². The van der Waals surface area contributed by atoms with Crippen molar-refractivity contribution in [3.63, 3.8) is 0 Å². The first-order valence-electron chi connectivity index (χ1n) is 9.20. The van der Waals surface area contributed by atoms with Crippen LogP contribution in [0.1, 0.15) is 48.1 Å². The SMILES string of the molecule is CC1CCc2nc(NC(=O)[C@@H](NC(=O)c3ccccc3Cl)C(C)C)sc2C1. The molecule has 27 heavy (non-hydrogen) atoms. The molecule has 2 N–H and O–H groups in total. The fraction of sp³-hybridized carbons (Fsp3) is 0.450. The van der Waals surface area contributed by atoms with Gasteiger partial charge in [0, 0.05) is 4.88 Å². The fourth-order valence-electron chi connectivity index (χ4n) is 3.18. The molecule has 5 nitrogen and oxygen atoms in total. The summed E-state index contributed by atoms with van der Waals surface area (Å²) in [6.45, 7) is 6.03. The molecule has 0 saturated carbocycles. The summed E-state index contributed by atoms with van der Waals surface area (Å²) in [5, 5.41) is 6.66. The number of aromatic nitrogens is 1. The number of hydrogen-bond donors (Lipinski definition) is 2. The van der Waals surface area contributed by atoms with E-state index in [0.29, 0.717) is 21.6 Å². The Morgan fingerprint density at radius 3 is 2.74 bits per heavy atom. The van der Waals surface area contributed by atoms with Gasteiger partial charge in [0.05, 0.1) is 16.3 Å². The summed E-state index contributed by atoms with van der Waals surface area (Å²) in [4.78, 5) is 31.2. The van der Waals surface area contributed by atoms with E-state index in [1.54, 1.807) is 24.3 Å². The van der Waals surface area contributed by atoms with Crippen molar-refractivity contribution in [3.8, 4) is 0 Å². The number of thiazole rings is 1. The summed E-state index contributed by atoms with van der Waals surface area (Å²) in [6.07, 6.45) is 3.10. The molecule has 1 aromatic heterocycles. The van der Waals surface area contributed by atoms with Crippen molar-refractivity contribution in [1.82, 2.24) is 10.3 Å². The van der Waals surface area contributed by atoms with Gasteiger partial charge in [-0.3, -0.25) is 9.59 Å². The number of aryl methyl sites for hydroxylation is 1. The maximum absolute atomic E-state index is 12.8. The minimum Gasteiger partial charge on any atom is -0.340 e. The Bertz CT molecular complexity index is 850. The van der Waals surface area contributed by atoms with Crippen LogP contribution >= 0.6 is 22.9 Å². The van der Waals surface area contributed by atoms with E-state index in [0.717, 1.165) is 25.0 Å². The molecule has 7 heteroatoms. The zero-order valence-corrected chi connectivity index (χ0v) is 17.3. The van der Waals surface area contributed by atoms with Crippen LogP contribution in [0.2, 0.25) is 5.02 Å². The normalized spacial score (nSPS) is 17.3. The van der Waals surface area contributed by atoms with Crippen molar-refractivity contribution in [2.24, 2.45) is 11.8 Å². The largest absolute Gasteiger partial charge is 0.340 e. The van der Waals surface area contributed by atoms with Gasteiger partial charge >= 0.3 is 0 Å². The van der Waals surface area contributed by atoms with Crippen LogP contribution < -0.4 is 10.6 Å². The lowest BCUT2D eigenvalue weighted by Gasteiger charge is -2.21. The lowest BCUT2D eigenvalue weighted by Crippen LogP contribution is -2.47. The van der Waals surface area contributed by atoms with Gasteiger partial charge in [-0.2, -0.15) is 0 Å². The van der Waals surface area contributed by atoms with E-state index in [2.05, 4.69) is 22.5 Å². The molecule has 1 aromatic carbocycles. The second kappa shape index (κ2) is 8.40. The van der Waals surface area contributed by atoms with Gasteiger partial charge in [-0.1, -0.05) is 44.5 Å². The summed E-state index contributed by atoms with van der Waals surface area (Å²) < 4.78 is 0. The third-order valence-corrected chi connectivity index (χ3v) is 6.14. The fourth-order valence-corrected chi connectivity index (χ4v) is 4.57. The highest BCUT2D eigenvalue weighted by Gasteiger charge is 2.27. The number of halogens is 1. The van der Waals surface area contributed by atoms with E-state index >= 15 is 0 Å². The summed E-state index contributed by atoms with van der Waals surface area (Å²) in [7, 11) is 0. The van der Waals surface area contributed by atoms with Crippen LogP contribution in [0.5, 0.6) is 0 Å². The van der Waals surface area contributed by atoms with E-state index in [1.807, 2.05) is 13.8 Å². The Balaban J connectivity index is 1.71. The number of rotatable bonds is 5. The van der Waals surface area contributed by atoms with Crippen LogP contribution in [0.3, 0.4) is 0 Å². The lowest BCUT2D eigenvalue weighted by atomic mass is 9.93. The predicted octanol–water partition coefficient (Wildman–Crippen LogP) is 4.31. The van der Waals surface area contributed by atoms with E-state index < -0.39 is 6.04 Å². The van der Waals surface area contributed by atoms with Crippen LogP contribution in [0.4, 0.5) is 5.13 Å². The first-order chi connectivity index (χ1) is 12.8. The molecular weight excluding hydrogens is 382 g/mol. The molecule has 0 radical (unpaired) electrons. The summed E-state index contributed by atoms with van der Waals surface area (Å²) in [6, 6.07) is 6.13. The zero-order chi connectivity index (χ0) is 19.6. The summed E-state index contributed by atoms with van der Waals surface area (Å²) >= 11 is 7.63. The third-order valence-electron chi connectivity index (χ3n) is 4.77. The number of benzene rings is 1. The van der Waals surface area contributed by atoms with E-state index in [9.17, 15) is 9.59 Å². The Morgan fingerprint density at radius 2 is 2.04 bits per heavy atom. The maximum atomic E-state index is 12.8. The van der Waals surface area contributed by atoms with Gasteiger partial charge in [-0.05, 0) is 43.2 Å². The number of carbonyl (C=O) groups is 2. The summed E-state index contributed by atoms with van der Waals surface area (Å²) in [5.41, 5.74) is 1.45. The van der Waals surface area contributed by atoms with Crippen molar-refractivity contribution in [2.45, 2.75) is 46.1 Å². The van der Waals surface area contributed by atoms with Gasteiger partial charge in [-0.25, -0.2) is 4.98 Å². The van der Waals surface area contributed by atoms with Crippen LogP contribution in [-0.2, 0) is 17.6 Å². The van der Waals surface area contributed by atoms with Crippen LogP contribution in [0.15, 0.2) is 24.3 Å². The molecule has 0 spiro atoms. The van der Waals surface area contributed by atoms with Gasteiger partial charge in [0.25, 0.3) is 5.91 Å². The van der Waals surface area contributed by atoms with Crippen molar-refractivity contribution in [3.05, 3.63) is 45.4 Å². The molecule has 1 aliphatic carbocycles. The average Bonchev–Trinajstić information content (AvgIpc) is 3.00. The molecular formula is C20H24ClN3O2S. The highest BCUT2D eigenvalue weighted by Crippen LogP contribution is 2.32. The van der Waals surface area contributed by atoms with E-state index in [1.165, 1.54) is 16.2 Å². The first kappa shape index (κ1) is 19.8. The average molecular weight is 406 g/mol. The van der Waals surface area contributed by atoms with E-state index in [4.69, 9.17) is 11.6 Å². The molecule has 0 fully saturated rings. The number of anilines is 1. The van der Waals surface area contributed by atoms with Gasteiger partial charge < -0.3 is 10.6 Å². The standard InChI is InChI=1S/C20H24ClN3O2S/c1-11(2)17(23-18(25)13-6-4-5-7-14(13)21)19(26)24-20-22-15-9-8-12(3)10-16(15)27-20/h4-7,11-12,17H,8-10H2,1-3H3,(H,23,25)(H,22,24,26)/t12?,17-/m0/s1. The quantitative estimate of drug-likeness (QED) is 0.778. The highest BCUT2D eigenvalue weighted by molar-refractivity contribution is 7.15. The van der Waals surface area contributed by atoms with Gasteiger partial charge in [0.15, 0.2) is 5.13 Å². The van der Waals surface area contributed by atoms with Crippen LogP contribution in [-0.4, -0.2) is 22.8 Å². The minimum absolute atomic E-state index is 0.0777. The Labute approximate surface area is 168 Å². The number of amides is 2. The zero-order valence-electron chi connectivity index (χ0n) is 15.7. The molecule has 0 bridgehead atoms. The van der Waals surface area contributed by atoms with E-state index in [-0.39, 0.29) is 17.7 Å². The van der Waals surface area contributed by atoms with Gasteiger partial charge in [0.2, 0.25) is 5.91 Å². The van der Waals surface area contributed by atoms with Gasteiger partial charge in [0.1, 0.15) is 6.04 Å². The second-order valence-corrected chi connectivity index (χ2v) is 8.89. The molecule has 1 aliphatic rings. The first-order valence-corrected chi connectivity index (χ1v) is 10.4. The van der Waals surface area contributed by atoms with Crippen LogP contribution in [0.25, 0.3) is 0 Å². The van der Waals surface area contributed by atoms with Crippen molar-refractivity contribution in [1.29, 1.82) is 0 Å². The summed E-state index contributed by atoms with van der Waals surface area (Å²) in [5.74, 6) is -0.0443. The lowest BCUT2D eigenvalue weighted by molar-refractivity contribution is -0.118. The second-order valence-electron chi connectivity index (χ2n) is 7.40. The number of nitrogens with one attached hydrogen (secondary N) is 2. The highest BCUT2D eigenvalue weighted by atomic mass is 35.5. The molecule has 2 aromatic rings. The maximum Gasteiger partial charge on any atom is 0.253 e. The predicted molar refractivity (Wildman–Crippen MR) is 109 cm³/mol. The number of fused-ring (bicyclic) bond motifs is 1. The molecule has 1 unspecified atom stereocenters. The van der Waals surface area contributed by atoms with Crippen molar-refractivity contribution >= 4 is 39.9 Å². The Kier molecular flexibility index (Phi) is 6.17. The molecule has 0 aliphatic heterocycles. The molecule has 1 heterocycles. The molecule has 3 rings (SSSR count).